The van der Waals surface area contributed by atoms with Gasteiger partial charge in [-0.25, -0.2) is 4.79 Å². The molecule has 1 saturated heterocycles. The monoisotopic (exact) mass is 269 g/mol. The van der Waals surface area contributed by atoms with Crippen LogP contribution < -0.4 is 0 Å². The molecule has 0 aliphatic carbocycles. The molecule has 2 N–H and O–H groups in total. The molecule has 1 aliphatic heterocycles. The number of carboxylic acid groups (broad SMARTS) is 1. The minimum atomic E-state index is -0.995. The molecular weight excluding hydrogens is 258 g/mol. The van der Waals surface area contributed by atoms with Gasteiger partial charge in [0.05, 0.1) is 5.02 Å². The van der Waals surface area contributed by atoms with Gasteiger partial charge in [-0.05, 0) is 31.0 Å². The van der Waals surface area contributed by atoms with Crippen molar-refractivity contribution in [3.05, 3.63) is 28.8 Å². The van der Waals surface area contributed by atoms with Gasteiger partial charge in [-0.2, -0.15) is 0 Å². The third-order valence-electron chi connectivity index (χ3n) is 2.99. The summed E-state index contributed by atoms with van der Waals surface area (Å²) in [7, 11) is 0. The van der Waals surface area contributed by atoms with E-state index < -0.39 is 12.0 Å². The van der Waals surface area contributed by atoms with Crippen LogP contribution in [-0.2, 0) is 4.79 Å². The summed E-state index contributed by atoms with van der Waals surface area (Å²) in [5.74, 6) is -1.48. The fourth-order valence-electron chi connectivity index (χ4n) is 2.07. The van der Waals surface area contributed by atoms with Gasteiger partial charge < -0.3 is 15.1 Å². The lowest BCUT2D eigenvalue weighted by molar-refractivity contribution is -0.141. The van der Waals surface area contributed by atoms with Crippen molar-refractivity contribution in [1.82, 2.24) is 4.90 Å². The van der Waals surface area contributed by atoms with Crippen molar-refractivity contribution in [2.75, 3.05) is 6.54 Å². The Morgan fingerprint density at radius 2 is 2.11 bits per heavy atom. The van der Waals surface area contributed by atoms with Gasteiger partial charge in [0, 0.05) is 12.1 Å². The molecule has 1 aliphatic rings. The van der Waals surface area contributed by atoms with E-state index in [0.717, 1.165) is 0 Å². The molecule has 1 aromatic rings. The van der Waals surface area contributed by atoms with Crippen molar-refractivity contribution in [3.8, 4) is 5.75 Å². The first kappa shape index (κ1) is 12.7. The highest BCUT2D eigenvalue weighted by Crippen LogP contribution is 2.26. The van der Waals surface area contributed by atoms with Gasteiger partial charge in [0.2, 0.25) is 0 Å². The second kappa shape index (κ2) is 4.86. The summed E-state index contributed by atoms with van der Waals surface area (Å²) in [5, 5.41) is 18.4. The number of halogens is 1. The zero-order valence-electron chi connectivity index (χ0n) is 9.47. The molecule has 2 rings (SSSR count). The van der Waals surface area contributed by atoms with Crippen LogP contribution in [0, 0.1) is 0 Å². The SMILES string of the molecule is O=C(O)C1CCCN1C(=O)c1ccc(O)c(Cl)c1. The van der Waals surface area contributed by atoms with Crippen molar-refractivity contribution in [2.45, 2.75) is 18.9 Å². The Kier molecular flexibility index (Phi) is 3.43. The third-order valence-corrected chi connectivity index (χ3v) is 3.30. The van der Waals surface area contributed by atoms with Crippen LogP contribution in [0.2, 0.25) is 5.02 Å². The maximum atomic E-state index is 12.1. The Morgan fingerprint density at radius 3 is 2.72 bits per heavy atom. The van der Waals surface area contributed by atoms with Gasteiger partial charge in [0.25, 0.3) is 5.91 Å². The van der Waals surface area contributed by atoms with Crippen LogP contribution in [0.5, 0.6) is 5.75 Å². The molecule has 0 radical (unpaired) electrons. The van der Waals surface area contributed by atoms with E-state index in [1.54, 1.807) is 0 Å². The molecule has 1 aromatic carbocycles. The molecule has 0 saturated carbocycles. The van der Waals surface area contributed by atoms with Crippen LogP contribution >= 0.6 is 11.6 Å². The number of benzene rings is 1. The number of aliphatic carboxylic acids is 1. The number of carbonyl (C=O) groups is 2. The second-order valence-corrected chi connectivity index (χ2v) is 4.57. The Balaban J connectivity index is 2.25. The average Bonchev–Trinajstić information content (AvgIpc) is 2.81. The normalized spacial score (nSPS) is 18.9. The fourth-order valence-corrected chi connectivity index (χ4v) is 2.25. The zero-order valence-corrected chi connectivity index (χ0v) is 10.2. The van der Waals surface area contributed by atoms with Crippen LogP contribution in [0.1, 0.15) is 23.2 Å². The van der Waals surface area contributed by atoms with Crippen molar-refractivity contribution < 1.29 is 19.8 Å². The summed E-state index contributed by atoms with van der Waals surface area (Å²) >= 11 is 5.73. The summed E-state index contributed by atoms with van der Waals surface area (Å²) in [6.07, 6.45) is 1.14. The van der Waals surface area contributed by atoms with Gasteiger partial charge in [-0.15, -0.1) is 0 Å². The number of carboxylic acids is 1. The number of phenolic OH excluding ortho intramolecular Hbond substituents is 1. The third kappa shape index (κ3) is 2.26. The number of hydrogen-bond donors (Lipinski definition) is 2. The highest BCUT2D eigenvalue weighted by Gasteiger charge is 2.34. The van der Waals surface area contributed by atoms with E-state index in [1.165, 1.54) is 23.1 Å². The van der Waals surface area contributed by atoms with Crippen molar-refractivity contribution in [1.29, 1.82) is 0 Å². The summed E-state index contributed by atoms with van der Waals surface area (Å²) in [6.45, 7) is 0.425. The summed E-state index contributed by atoms with van der Waals surface area (Å²) in [5.41, 5.74) is 0.283. The van der Waals surface area contributed by atoms with E-state index in [1.807, 2.05) is 0 Å². The number of rotatable bonds is 2. The standard InChI is InChI=1S/C12H12ClNO4/c13-8-6-7(3-4-10(8)15)11(16)14-5-1-2-9(14)12(17)18/h3-4,6,9,15H,1-2,5H2,(H,17,18). The van der Waals surface area contributed by atoms with E-state index in [9.17, 15) is 14.7 Å². The maximum Gasteiger partial charge on any atom is 0.326 e. The first-order valence-electron chi connectivity index (χ1n) is 5.53. The predicted molar refractivity (Wildman–Crippen MR) is 64.8 cm³/mol. The largest absolute Gasteiger partial charge is 0.506 e. The summed E-state index contributed by atoms with van der Waals surface area (Å²) in [4.78, 5) is 24.5. The minimum Gasteiger partial charge on any atom is -0.506 e. The molecule has 5 nitrogen and oxygen atoms in total. The Morgan fingerprint density at radius 1 is 1.39 bits per heavy atom. The molecule has 1 atom stereocenters. The van der Waals surface area contributed by atoms with Gasteiger partial charge in [-0.1, -0.05) is 11.6 Å². The molecule has 0 aromatic heterocycles. The summed E-state index contributed by atoms with van der Waals surface area (Å²) < 4.78 is 0. The smallest absolute Gasteiger partial charge is 0.326 e. The van der Waals surface area contributed by atoms with Gasteiger partial charge >= 0.3 is 5.97 Å². The van der Waals surface area contributed by atoms with Crippen molar-refractivity contribution >= 4 is 23.5 Å². The number of likely N-dealkylation sites (tertiary alicyclic amines) is 1. The Hall–Kier alpha value is -1.75. The molecular formula is C12H12ClNO4. The van der Waals surface area contributed by atoms with Gasteiger partial charge in [0.1, 0.15) is 11.8 Å². The van der Waals surface area contributed by atoms with Crippen LogP contribution in [0.25, 0.3) is 0 Å². The lowest BCUT2D eigenvalue weighted by Crippen LogP contribution is -2.40. The molecule has 1 amide bonds. The Labute approximate surface area is 109 Å². The second-order valence-electron chi connectivity index (χ2n) is 4.16. The highest BCUT2D eigenvalue weighted by molar-refractivity contribution is 6.32. The molecule has 0 spiro atoms. The minimum absolute atomic E-state index is 0.0759. The Bertz CT molecular complexity index is 503. The topological polar surface area (TPSA) is 77.8 Å². The van der Waals surface area contributed by atoms with Crippen LogP contribution in [0.3, 0.4) is 0 Å². The molecule has 1 unspecified atom stereocenters. The van der Waals surface area contributed by atoms with Gasteiger partial charge in [0.15, 0.2) is 0 Å². The molecule has 96 valence electrons. The van der Waals surface area contributed by atoms with Crippen LogP contribution in [-0.4, -0.2) is 39.6 Å². The number of hydrogen-bond acceptors (Lipinski definition) is 3. The average molecular weight is 270 g/mol. The number of aromatic hydroxyl groups is 1. The highest BCUT2D eigenvalue weighted by atomic mass is 35.5. The zero-order chi connectivity index (χ0) is 13.3. The lowest BCUT2D eigenvalue weighted by atomic mass is 10.1. The van der Waals surface area contributed by atoms with Crippen molar-refractivity contribution in [3.63, 3.8) is 0 Å². The number of nitrogens with zero attached hydrogens (tertiary/aromatic N) is 1. The van der Waals surface area contributed by atoms with E-state index in [0.29, 0.717) is 19.4 Å². The van der Waals surface area contributed by atoms with E-state index in [-0.39, 0.29) is 22.2 Å². The predicted octanol–water partition coefficient (Wildman–Crippen LogP) is 1.73. The number of carbonyl (C=O) groups excluding carboxylic acids is 1. The maximum absolute atomic E-state index is 12.1. The molecule has 18 heavy (non-hydrogen) atoms. The first-order chi connectivity index (χ1) is 8.50. The molecule has 1 heterocycles. The van der Waals surface area contributed by atoms with E-state index in [4.69, 9.17) is 16.7 Å². The molecule has 6 heteroatoms. The number of phenols is 1. The van der Waals surface area contributed by atoms with E-state index in [2.05, 4.69) is 0 Å². The molecule has 0 bridgehead atoms. The molecule has 1 fully saturated rings. The quantitative estimate of drug-likeness (QED) is 0.857. The fraction of sp³-hybridized carbons (Fsp3) is 0.333. The van der Waals surface area contributed by atoms with Gasteiger partial charge in [-0.3, -0.25) is 4.79 Å². The van der Waals surface area contributed by atoms with E-state index >= 15 is 0 Å². The van der Waals surface area contributed by atoms with Crippen LogP contribution in [0.15, 0.2) is 18.2 Å². The lowest BCUT2D eigenvalue weighted by Gasteiger charge is -2.21. The number of amides is 1. The summed E-state index contributed by atoms with van der Waals surface area (Å²) in [6, 6.07) is 3.32. The first-order valence-corrected chi connectivity index (χ1v) is 5.91. The van der Waals surface area contributed by atoms with Crippen molar-refractivity contribution in [2.24, 2.45) is 0 Å². The van der Waals surface area contributed by atoms with Crippen LogP contribution in [0.4, 0.5) is 0 Å².